The van der Waals surface area contributed by atoms with Gasteiger partial charge >= 0.3 is 0 Å². The minimum Gasteiger partial charge on any atom is -0.306 e. The van der Waals surface area contributed by atoms with Crippen molar-refractivity contribution in [2.75, 3.05) is 0 Å². The van der Waals surface area contributed by atoms with E-state index in [4.69, 9.17) is 0 Å². The molecule has 1 N–H and O–H groups in total. The number of nitrogens with zero attached hydrogens (tertiary/aromatic N) is 1. The van der Waals surface area contributed by atoms with E-state index < -0.39 is 4.92 Å². The molecule has 1 atom stereocenters. The first-order valence-electron chi connectivity index (χ1n) is 6.38. The molecular formula is C15H14BrFN2O2. The molecular weight excluding hydrogens is 339 g/mol. The summed E-state index contributed by atoms with van der Waals surface area (Å²) in [6.07, 6.45) is 0. The van der Waals surface area contributed by atoms with Crippen molar-refractivity contribution >= 4 is 21.6 Å². The van der Waals surface area contributed by atoms with Crippen LogP contribution in [0.1, 0.15) is 24.1 Å². The average molecular weight is 353 g/mol. The van der Waals surface area contributed by atoms with E-state index in [1.54, 1.807) is 6.07 Å². The zero-order valence-electron chi connectivity index (χ0n) is 11.3. The van der Waals surface area contributed by atoms with E-state index in [0.717, 1.165) is 11.1 Å². The van der Waals surface area contributed by atoms with Gasteiger partial charge in [0.05, 0.1) is 4.92 Å². The van der Waals surface area contributed by atoms with Gasteiger partial charge in [-0.1, -0.05) is 28.1 Å². The van der Waals surface area contributed by atoms with Crippen molar-refractivity contribution in [1.82, 2.24) is 5.32 Å². The van der Waals surface area contributed by atoms with Gasteiger partial charge in [-0.2, -0.15) is 0 Å². The Hall–Kier alpha value is -1.79. The molecule has 0 radical (unpaired) electrons. The maximum atomic E-state index is 13.2. The first-order chi connectivity index (χ1) is 9.95. The van der Waals surface area contributed by atoms with Gasteiger partial charge in [0.15, 0.2) is 0 Å². The van der Waals surface area contributed by atoms with Gasteiger partial charge in [0.1, 0.15) is 5.82 Å². The second kappa shape index (κ2) is 6.78. The fourth-order valence-corrected chi connectivity index (χ4v) is 2.53. The lowest BCUT2D eigenvalue weighted by molar-refractivity contribution is -0.385. The molecule has 2 aromatic carbocycles. The lowest BCUT2D eigenvalue weighted by Gasteiger charge is -2.14. The van der Waals surface area contributed by atoms with Crippen LogP contribution in [0.25, 0.3) is 0 Å². The lowest BCUT2D eigenvalue weighted by atomic mass is 10.1. The number of nitro groups is 1. The minimum atomic E-state index is -0.426. The Labute approximate surface area is 130 Å². The molecule has 0 aliphatic rings. The molecule has 2 aromatic rings. The number of halogens is 2. The van der Waals surface area contributed by atoms with E-state index in [0.29, 0.717) is 11.0 Å². The Kier molecular flexibility index (Phi) is 5.03. The van der Waals surface area contributed by atoms with Crippen LogP contribution in [0.4, 0.5) is 10.1 Å². The van der Waals surface area contributed by atoms with Crippen LogP contribution < -0.4 is 5.32 Å². The van der Waals surface area contributed by atoms with Crippen LogP contribution in [0.15, 0.2) is 46.9 Å². The normalized spacial score (nSPS) is 12.1. The molecule has 2 rings (SSSR count). The summed E-state index contributed by atoms with van der Waals surface area (Å²) in [6, 6.07) is 11.1. The van der Waals surface area contributed by atoms with Gasteiger partial charge in [-0.25, -0.2) is 4.39 Å². The quantitative estimate of drug-likeness (QED) is 0.642. The summed E-state index contributed by atoms with van der Waals surface area (Å²) in [5.74, 6) is -0.278. The molecule has 0 saturated carbocycles. The third-order valence-electron chi connectivity index (χ3n) is 3.11. The van der Waals surface area contributed by atoms with Crippen molar-refractivity contribution in [2.45, 2.75) is 19.5 Å². The van der Waals surface area contributed by atoms with Crippen molar-refractivity contribution in [3.8, 4) is 0 Å². The van der Waals surface area contributed by atoms with Crippen LogP contribution in [0.3, 0.4) is 0 Å². The van der Waals surface area contributed by atoms with E-state index >= 15 is 0 Å². The fourth-order valence-electron chi connectivity index (χ4n) is 2.01. The highest BCUT2D eigenvalue weighted by Crippen LogP contribution is 2.22. The smallest absolute Gasteiger partial charge is 0.270 e. The van der Waals surface area contributed by atoms with Crippen molar-refractivity contribution in [1.29, 1.82) is 0 Å². The van der Waals surface area contributed by atoms with Crippen LogP contribution in [0, 0.1) is 15.9 Å². The highest BCUT2D eigenvalue weighted by molar-refractivity contribution is 9.10. The molecule has 0 aliphatic heterocycles. The Bertz CT molecular complexity index is 664. The molecule has 21 heavy (non-hydrogen) atoms. The summed E-state index contributed by atoms with van der Waals surface area (Å²) in [7, 11) is 0. The first kappa shape index (κ1) is 15.6. The minimum absolute atomic E-state index is 0.0413. The molecule has 110 valence electrons. The lowest BCUT2D eigenvalue weighted by Crippen LogP contribution is -2.18. The molecule has 0 fully saturated rings. The SMILES string of the molecule is CC(NCc1cc(Br)cc([N+](=O)[O-])c1)c1cccc(F)c1. The largest absolute Gasteiger partial charge is 0.306 e. The molecule has 0 amide bonds. The standard InChI is InChI=1S/C15H14BrFN2O2/c1-10(12-3-2-4-14(17)7-12)18-9-11-5-13(16)8-15(6-11)19(20)21/h2-8,10,18H,9H2,1H3. The Morgan fingerprint density at radius 2 is 2.10 bits per heavy atom. The van der Waals surface area contributed by atoms with E-state index in [2.05, 4.69) is 21.2 Å². The molecule has 6 heteroatoms. The number of benzene rings is 2. The predicted molar refractivity (Wildman–Crippen MR) is 82.5 cm³/mol. The molecule has 0 aliphatic carbocycles. The van der Waals surface area contributed by atoms with Crippen LogP contribution >= 0.6 is 15.9 Å². The number of hydrogen-bond acceptors (Lipinski definition) is 3. The van der Waals surface area contributed by atoms with Gasteiger partial charge in [-0.15, -0.1) is 0 Å². The number of non-ortho nitro benzene ring substituents is 1. The van der Waals surface area contributed by atoms with E-state index in [-0.39, 0.29) is 17.5 Å². The van der Waals surface area contributed by atoms with Gasteiger partial charge in [0.2, 0.25) is 0 Å². The Morgan fingerprint density at radius 3 is 2.76 bits per heavy atom. The molecule has 0 heterocycles. The van der Waals surface area contributed by atoms with Crippen molar-refractivity contribution in [3.05, 3.63) is 74.0 Å². The highest BCUT2D eigenvalue weighted by Gasteiger charge is 2.10. The van der Waals surface area contributed by atoms with Crippen LogP contribution in [-0.4, -0.2) is 4.92 Å². The summed E-state index contributed by atoms with van der Waals surface area (Å²) >= 11 is 3.26. The maximum Gasteiger partial charge on any atom is 0.270 e. The predicted octanol–water partition coefficient (Wildman–Crippen LogP) is 4.35. The second-order valence-electron chi connectivity index (χ2n) is 4.73. The monoisotopic (exact) mass is 352 g/mol. The Balaban J connectivity index is 2.07. The molecule has 0 aromatic heterocycles. The highest BCUT2D eigenvalue weighted by atomic mass is 79.9. The van der Waals surface area contributed by atoms with Crippen LogP contribution in [-0.2, 0) is 6.54 Å². The third-order valence-corrected chi connectivity index (χ3v) is 3.57. The van der Waals surface area contributed by atoms with Gasteiger partial charge < -0.3 is 5.32 Å². The zero-order chi connectivity index (χ0) is 15.4. The topological polar surface area (TPSA) is 55.2 Å². The maximum absolute atomic E-state index is 13.2. The van der Waals surface area contributed by atoms with Gasteiger partial charge in [0.25, 0.3) is 5.69 Å². The summed E-state index contributed by atoms with van der Waals surface area (Å²) < 4.78 is 13.8. The number of hydrogen-bond donors (Lipinski definition) is 1. The zero-order valence-corrected chi connectivity index (χ0v) is 12.9. The molecule has 0 saturated heterocycles. The van der Waals surface area contributed by atoms with Crippen LogP contribution in [0.5, 0.6) is 0 Å². The third kappa shape index (κ3) is 4.34. The molecule has 4 nitrogen and oxygen atoms in total. The summed E-state index contributed by atoms with van der Waals surface area (Å²) in [4.78, 5) is 10.4. The van der Waals surface area contributed by atoms with Gasteiger partial charge in [0, 0.05) is 29.2 Å². The van der Waals surface area contributed by atoms with Crippen LogP contribution in [0.2, 0.25) is 0 Å². The van der Waals surface area contributed by atoms with Crippen molar-refractivity contribution in [3.63, 3.8) is 0 Å². The average Bonchev–Trinajstić information content (AvgIpc) is 2.44. The number of nitro benzene ring substituents is 1. The fraction of sp³-hybridized carbons (Fsp3) is 0.200. The summed E-state index contributed by atoms with van der Waals surface area (Å²) in [5, 5.41) is 14.1. The van der Waals surface area contributed by atoms with Gasteiger partial charge in [-0.05, 0) is 36.2 Å². The first-order valence-corrected chi connectivity index (χ1v) is 7.17. The van der Waals surface area contributed by atoms with Gasteiger partial charge in [-0.3, -0.25) is 10.1 Å². The van der Waals surface area contributed by atoms with E-state index in [1.165, 1.54) is 24.3 Å². The molecule has 0 bridgehead atoms. The summed E-state index contributed by atoms with van der Waals surface area (Å²) in [6.45, 7) is 2.37. The molecule has 1 unspecified atom stereocenters. The van der Waals surface area contributed by atoms with E-state index in [9.17, 15) is 14.5 Å². The molecule has 0 spiro atoms. The second-order valence-corrected chi connectivity index (χ2v) is 5.65. The van der Waals surface area contributed by atoms with Crippen molar-refractivity contribution in [2.24, 2.45) is 0 Å². The number of rotatable bonds is 5. The number of nitrogens with one attached hydrogen (secondary N) is 1. The Morgan fingerprint density at radius 1 is 1.33 bits per heavy atom. The summed E-state index contributed by atoms with van der Waals surface area (Å²) in [5.41, 5.74) is 1.67. The van der Waals surface area contributed by atoms with E-state index in [1.807, 2.05) is 19.1 Å². The van der Waals surface area contributed by atoms with Crippen molar-refractivity contribution < 1.29 is 9.31 Å².